The van der Waals surface area contributed by atoms with Gasteiger partial charge in [-0.2, -0.15) is 13.9 Å². The Morgan fingerprint density at radius 3 is 2.95 bits per heavy atom. The summed E-state index contributed by atoms with van der Waals surface area (Å²) in [4.78, 5) is 15.8. The number of nitrogens with zero attached hydrogens (tertiary/aromatic N) is 3. The van der Waals surface area contributed by atoms with E-state index in [1.165, 1.54) is 35.3 Å². The van der Waals surface area contributed by atoms with Crippen LogP contribution >= 0.6 is 0 Å². The van der Waals surface area contributed by atoms with E-state index in [1.54, 1.807) is 7.05 Å². The van der Waals surface area contributed by atoms with Crippen LogP contribution in [0.1, 0.15) is 16.2 Å². The highest BCUT2D eigenvalue weighted by Gasteiger charge is 2.10. The highest BCUT2D eigenvalue weighted by Crippen LogP contribution is 2.15. The zero-order valence-corrected chi connectivity index (χ0v) is 10.6. The lowest BCUT2D eigenvalue weighted by Gasteiger charge is -2.07. The SMILES string of the molecule is Cn1ncnc1CNC(=O)c1cccc(OC(F)F)c1. The van der Waals surface area contributed by atoms with Crippen LogP contribution in [-0.2, 0) is 13.6 Å². The first-order valence-corrected chi connectivity index (χ1v) is 5.72. The van der Waals surface area contributed by atoms with Gasteiger partial charge in [0.1, 0.15) is 17.9 Å². The first-order chi connectivity index (χ1) is 9.56. The highest BCUT2D eigenvalue weighted by molar-refractivity contribution is 5.94. The standard InChI is InChI=1S/C12H12F2N4O2/c1-18-10(16-7-17-18)6-15-11(19)8-3-2-4-9(5-8)20-12(13)14/h2-5,7,12H,6H2,1H3,(H,15,19). The van der Waals surface area contributed by atoms with E-state index >= 15 is 0 Å². The molecule has 8 heteroatoms. The van der Waals surface area contributed by atoms with Crippen molar-refractivity contribution >= 4 is 5.91 Å². The number of halogens is 2. The maximum absolute atomic E-state index is 12.1. The number of hydrogen-bond acceptors (Lipinski definition) is 4. The summed E-state index contributed by atoms with van der Waals surface area (Å²) in [6.45, 7) is -2.73. The lowest BCUT2D eigenvalue weighted by molar-refractivity contribution is -0.0498. The van der Waals surface area contributed by atoms with Crippen LogP contribution < -0.4 is 10.1 Å². The zero-order valence-electron chi connectivity index (χ0n) is 10.6. The van der Waals surface area contributed by atoms with E-state index in [-0.39, 0.29) is 17.9 Å². The molecule has 0 bridgehead atoms. The lowest BCUT2D eigenvalue weighted by atomic mass is 10.2. The maximum atomic E-state index is 12.1. The molecular weight excluding hydrogens is 270 g/mol. The number of carbonyl (C=O) groups excluding carboxylic acids is 1. The molecule has 2 rings (SSSR count). The topological polar surface area (TPSA) is 69.0 Å². The quantitative estimate of drug-likeness (QED) is 0.898. The van der Waals surface area contributed by atoms with Crippen molar-refractivity contribution in [3.63, 3.8) is 0 Å². The Balaban J connectivity index is 2.00. The van der Waals surface area contributed by atoms with Crippen molar-refractivity contribution < 1.29 is 18.3 Å². The summed E-state index contributed by atoms with van der Waals surface area (Å²) >= 11 is 0. The Labute approximate surface area is 113 Å². The zero-order chi connectivity index (χ0) is 14.5. The van der Waals surface area contributed by atoms with Crippen LogP contribution in [0.25, 0.3) is 0 Å². The van der Waals surface area contributed by atoms with Gasteiger partial charge in [0.05, 0.1) is 6.54 Å². The molecule has 1 heterocycles. The minimum Gasteiger partial charge on any atom is -0.435 e. The van der Waals surface area contributed by atoms with E-state index in [4.69, 9.17) is 0 Å². The number of aromatic nitrogens is 3. The summed E-state index contributed by atoms with van der Waals surface area (Å²) in [5, 5.41) is 6.48. The molecule has 1 N–H and O–H groups in total. The molecule has 6 nitrogen and oxygen atoms in total. The van der Waals surface area contributed by atoms with E-state index in [0.717, 1.165) is 0 Å². The highest BCUT2D eigenvalue weighted by atomic mass is 19.3. The normalized spacial score (nSPS) is 10.6. The number of aryl methyl sites for hydroxylation is 1. The molecule has 1 aromatic carbocycles. The second-order valence-corrected chi connectivity index (χ2v) is 3.89. The molecule has 106 valence electrons. The molecule has 0 aliphatic rings. The number of amides is 1. The van der Waals surface area contributed by atoms with Crippen molar-refractivity contribution in [2.75, 3.05) is 0 Å². The molecule has 2 aromatic rings. The van der Waals surface area contributed by atoms with Gasteiger partial charge in [0.25, 0.3) is 5.91 Å². The van der Waals surface area contributed by atoms with Crippen LogP contribution in [0.3, 0.4) is 0 Å². The Bertz CT molecular complexity index is 601. The minimum atomic E-state index is -2.92. The predicted molar refractivity (Wildman–Crippen MR) is 65.2 cm³/mol. The van der Waals surface area contributed by atoms with Gasteiger partial charge in [0, 0.05) is 12.6 Å². The summed E-state index contributed by atoms with van der Waals surface area (Å²) in [5.41, 5.74) is 0.227. The third-order valence-electron chi connectivity index (χ3n) is 2.53. The van der Waals surface area contributed by atoms with Gasteiger partial charge >= 0.3 is 6.61 Å². The van der Waals surface area contributed by atoms with Gasteiger partial charge in [-0.3, -0.25) is 9.48 Å². The van der Waals surface area contributed by atoms with Crippen molar-refractivity contribution in [3.8, 4) is 5.75 Å². The molecule has 0 fully saturated rings. The molecule has 20 heavy (non-hydrogen) atoms. The molecule has 0 aliphatic heterocycles. The molecule has 1 amide bonds. The van der Waals surface area contributed by atoms with Crippen molar-refractivity contribution in [3.05, 3.63) is 42.0 Å². The molecular formula is C12H12F2N4O2. The van der Waals surface area contributed by atoms with E-state index in [0.29, 0.717) is 5.82 Å². The Morgan fingerprint density at radius 2 is 2.30 bits per heavy atom. The van der Waals surface area contributed by atoms with Crippen molar-refractivity contribution in [2.24, 2.45) is 7.05 Å². The van der Waals surface area contributed by atoms with Gasteiger partial charge in [-0.25, -0.2) is 4.98 Å². The van der Waals surface area contributed by atoms with Crippen LogP contribution in [0, 0.1) is 0 Å². The third kappa shape index (κ3) is 3.50. The summed E-state index contributed by atoms with van der Waals surface area (Å²) in [6, 6.07) is 5.57. The summed E-state index contributed by atoms with van der Waals surface area (Å²) in [6.07, 6.45) is 1.37. The van der Waals surface area contributed by atoms with Crippen molar-refractivity contribution in [1.82, 2.24) is 20.1 Å². The van der Waals surface area contributed by atoms with Crippen molar-refractivity contribution in [1.29, 1.82) is 0 Å². The molecule has 0 saturated carbocycles. The van der Waals surface area contributed by atoms with E-state index in [2.05, 4.69) is 20.1 Å². The number of ether oxygens (including phenoxy) is 1. The summed E-state index contributed by atoms with van der Waals surface area (Å²) < 4.78 is 29.9. The molecule has 1 aromatic heterocycles. The van der Waals surface area contributed by atoms with Gasteiger partial charge in [0.2, 0.25) is 0 Å². The average molecular weight is 282 g/mol. The van der Waals surface area contributed by atoms with E-state index in [1.807, 2.05) is 0 Å². The Morgan fingerprint density at radius 1 is 1.50 bits per heavy atom. The Kier molecular flexibility index (Phi) is 4.24. The van der Waals surface area contributed by atoms with Crippen LogP contribution in [0.15, 0.2) is 30.6 Å². The molecule has 0 saturated heterocycles. The number of hydrogen-bond donors (Lipinski definition) is 1. The average Bonchev–Trinajstić information content (AvgIpc) is 2.81. The van der Waals surface area contributed by atoms with Crippen molar-refractivity contribution in [2.45, 2.75) is 13.2 Å². The second kappa shape index (κ2) is 6.09. The fraction of sp³-hybridized carbons (Fsp3) is 0.250. The van der Waals surface area contributed by atoms with Crippen LogP contribution in [0.5, 0.6) is 5.75 Å². The van der Waals surface area contributed by atoms with Gasteiger partial charge in [-0.1, -0.05) is 6.07 Å². The number of carbonyl (C=O) groups is 1. The second-order valence-electron chi connectivity index (χ2n) is 3.89. The fourth-order valence-corrected chi connectivity index (χ4v) is 1.56. The number of alkyl halides is 2. The largest absolute Gasteiger partial charge is 0.435 e. The van der Waals surface area contributed by atoms with Gasteiger partial charge in [0.15, 0.2) is 0 Å². The summed E-state index contributed by atoms with van der Waals surface area (Å²) in [5.74, 6) is 0.109. The smallest absolute Gasteiger partial charge is 0.387 e. The monoisotopic (exact) mass is 282 g/mol. The number of rotatable bonds is 5. The maximum Gasteiger partial charge on any atom is 0.387 e. The Hall–Kier alpha value is -2.51. The molecule has 0 radical (unpaired) electrons. The van der Waals surface area contributed by atoms with Crippen LogP contribution in [0.2, 0.25) is 0 Å². The lowest BCUT2D eigenvalue weighted by Crippen LogP contribution is -2.24. The molecule has 0 aliphatic carbocycles. The van der Waals surface area contributed by atoms with Gasteiger partial charge in [-0.15, -0.1) is 0 Å². The fourth-order valence-electron chi connectivity index (χ4n) is 1.56. The van der Waals surface area contributed by atoms with Gasteiger partial charge in [-0.05, 0) is 18.2 Å². The van der Waals surface area contributed by atoms with Crippen LogP contribution in [-0.4, -0.2) is 27.3 Å². The predicted octanol–water partition coefficient (Wildman–Crippen LogP) is 1.35. The summed E-state index contributed by atoms with van der Waals surface area (Å²) in [7, 11) is 1.70. The number of nitrogens with one attached hydrogen (secondary N) is 1. The van der Waals surface area contributed by atoms with Crippen LogP contribution in [0.4, 0.5) is 8.78 Å². The minimum absolute atomic E-state index is 0.0636. The van der Waals surface area contributed by atoms with Gasteiger partial charge < -0.3 is 10.1 Å². The van der Waals surface area contributed by atoms with E-state index < -0.39 is 12.5 Å². The first kappa shape index (κ1) is 13.9. The first-order valence-electron chi connectivity index (χ1n) is 5.72. The molecule has 0 spiro atoms. The molecule has 0 atom stereocenters. The molecule has 0 unspecified atom stereocenters. The van der Waals surface area contributed by atoms with E-state index in [9.17, 15) is 13.6 Å². The third-order valence-corrected chi connectivity index (χ3v) is 2.53. The number of benzene rings is 1.